The lowest BCUT2D eigenvalue weighted by Gasteiger charge is -2.32. The van der Waals surface area contributed by atoms with Crippen molar-refractivity contribution in [3.05, 3.63) is 26.5 Å². The molecule has 0 bridgehead atoms. The molecule has 96 valence electrons. The molecule has 2 N–H and O–H groups in total. The number of rotatable bonds is 1. The van der Waals surface area contributed by atoms with E-state index in [0.29, 0.717) is 0 Å². The number of hydrogen-bond acceptors (Lipinski definition) is 4. The fourth-order valence-corrected chi connectivity index (χ4v) is 5.42. The highest BCUT2D eigenvalue weighted by Crippen LogP contribution is 2.45. The molecule has 0 saturated heterocycles. The summed E-state index contributed by atoms with van der Waals surface area (Å²) in [6.07, 6.45) is 2.09. The summed E-state index contributed by atoms with van der Waals surface area (Å²) in [6.45, 7) is 4.55. The van der Waals surface area contributed by atoms with Crippen LogP contribution in [0.25, 0.3) is 9.88 Å². The van der Waals surface area contributed by atoms with Gasteiger partial charge in [-0.05, 0) is 45.6 Å². The molecule has 0 spiro atoms. The topological polar surface area (TPSA) is 38.9 Å². The molecule has 0 amide bonds. The molecule has 0 aliphatic heterocycles. The van der Waals surface area contributed by atoms with Crippen LogP contribution in [0.3, 0.4) is 0 Å². The standard InChI is InChI=1S/C13H15BrN2S2/c1-13(2)5-8(15)11-9(6-13)16-12(18-11)10-7(14)3-4-17-10/h3-4,8H,5-6,15H2,1-2H3. The molecule has 2 aromatic rings. The number of thiazole rings is 1. The van der Waals surface area contributed by atoms with Crippen LogP contribution in [-0.2, 0) is 6.42 Å². The largest absolute Gasteiger partial charge is 0.323 e. The highest BCUT2D eigenvalue weighted by molar-refractivity contribution is 9.10. The molecule has 0 aromatic carbocycles. The number of nitrogens with zero attached hydrogens (tertiary/aromatic N) is 1. The van der Waals surface area contributed by atoms with Crippen LogP contribution < -0.4 is 5.73 Å². The molecule has 0 radical (unpaired) electrons. The third-order valence-electron chi connectivity index (χ3n) is 3.29. The molecule has 1 aliphatic carbocycles. The zero-order valence-electron chi connectivity index (χ0n) is 10.4. The van der Waals surface area contributed by atoms with Gasteiger partial charge >= 0.3 is 0 Å². The van der Waals surface area contributed by atoms with Crippen molar-refractivity contribution in [3.63, 3.8) is 0 Å². The van der Waals surface area contributed by atoms with Crippen molar-refractivity contribution in [1.29, 1.82) is 0 Å². The smallest absolute Gasteiger partial charge is 0.135 e. The number of halogens is 1. The Morgan fingerprint density at radius 3 is 2.94 bits per heavy atom. The summed E-state index contributed by atoms with van der Waals surface area (Å²) in [5.41, 5.74) is 7.76. The average Bonchev–Trinajstić information content (AvgIpc) is 2.82. The Kier molecular flexibility index (Phi) is 3.13. The molecule has 0 saturated carbocycles. The summed E-state index contributed by atoms with van der Waals surface area (Å²) in [7, 11) is 0. The van der Waals surface area contributed by atoms with Crippen molar-refractivity contribution in [3.8, 4) is 9.88 Å². The second-order valence-corrected chi connectivity index (χ2v) is 8.38. The number of aromatic nitrogens is 1. The number of nitrogens with two attached hydrogens (primary N) is 1. The van der Waals surface area contributed by atoms with Crippen LogP contribution in [-0.4, -0.2) is 4.98 Å². The highest BCUT2D eigenvalue weighted by Gasteiger charge is 2.33. The minimum absolute atomic E-state index is 0.147. The van der Waals surface area contributed by atoms with Gasteiger partial charge < -0.3 is 5.73 Å². The van der Waals surface area contributed by atoms with Crippen molar-refractivity contribution in [2.24, 2.45) is 11.1 Å². The normalized spacial score (nSPS) is 21.9. The second kappa shape index (κ2) is 4.40. The third-order valence-corrected chi connectivity index (χ3v) is 6.51. The molecule has 1 aliphatic rings. The lowest BCUT2D eigenvalue weighted by molar-refractivity contribution is 0.282. The molecule has 1 unspecified atom stereocenters. The van der Waals surface area contributed by atoms with E-state index in [4.69, 9.17) is 10.7 Å². The quantitative estimate of drug-likeness (QED) is 0.821. The zero-order chi connectivity index (χ0) is 12.9. The summed E-state index contributed by atoms with van der Waals surface area (Å²) in [5, 5.41) is 3.19. The Morgan fingerprint density at radius 2 is 2.28 bits per heavy atom. The number of thiophene rings is 1. The van der Waals surface area contributed by atoms with E-state index in [1.165, 1.54) is 15.4 Å². The lowest BCUT2D eigenvalue weighted by atomic mass is 9.77. The van der Waals surface area contributed by atoms with E-state index in [0.717, 1.165) is 22.3 Å². The molecular formula is C13H15BrN2S2. The maximum atomic E-state index is 6.29. The van der Waals surface area contributed by atoms with Gasteiger partial charge in [0.25, 0.3) is 0 Å². The molecule has 18 heavy (non-hydrogen) atoms. The van der Waals surface area contributed by atoms with Crippen molar-refractivity contribution in [1.82, 2.24) is 4.98 Å². The summed E-state index contributed by atoms with van der Waals surface area (Å²) >= 11 is 7.07. The molecule has 3 rings (SSSR count). The van der Waals surface area contributed by atoms with Gasteiger partial charge in [-0.25, -0.2) is 4.98 Å². The molecule has 2 nitrogen and oxygen atoms in total. The second-order valence-electron chi connectivity index (χ2n) is 5.58. The minimum atomic E-state index is 0.147. The van der Waals surface area contributed by atoms with Gasteiger partial charge in [0.1, 0.15) is 5.01 Å². The zero-order valence-corrected chi connectivity index (χ0v) is 13.6. The minimum Gasteiger partial charge on any atom is -0.323 e. The van der Waals surface area contributed by atoms with Gasteiger partial charge in [0.05, 0.1) is 10.6 Å². The van der Waals surface area contributed by atoms with E-state index >= 15 is 0 Å². The summed E-state index contributed by atoms with van der Waals surface area (Å²) in [4.78, 5) is 7.32. The molecule has 0 fully saturated rings. The number of hydrogen-bond donors (Lipinski definition) is 1. The van der Waals surface area contributed by atoms with E-state index in [2.05, 4.69) is 41.2 Å². The van der Waals surface area contributed by atoms with Gasteiger partial charge in [-0.2, -0.15) is 0 Å². The maximum absolute atomic E-state index is 6.29. The molecule has 5 heteroatoms. The molecule has 1 atom stereocenters. The molecule has 2 aromatic heterocycles. The Labute approximate surface area is 123 Å². The van der Waals surface area contributed by atoms with Crippen LogP contribution in [0.15, 0.2) is 15.9 Å². The highest BCUT2D eigenvalue weighted by atomic mass is 79.9. The van der Waals surface area contributed by atoms with Crippen LogP contribution in [0.4, 0.5) is 0 Å². The van der Waals surface area contributed by atoms with Crippen molar-refractivity contribution in [2.45, 2.75) is 32.7 Å². The monoisotopic (exact) mass is 342 g/mol. The summed E-state index contributed by atoms with van der Waals surface area (Å²) < 4.78 is 1.13. The van der Waals surface area contributed by atoms with E-state index in [1.54, 1.807) is 22.7 Å². The van der Waals surface area contributed by atoms with E-state index in [1.807, 2.05) is 0 Å². The predicted octanol–water partition coefficient (Wildman–Crippen LogP) is 4.61. The first-order chi connectivity index (χ1) is 8.46. The first kappa shape index (κ1) is 12.8. The van der Waals surface area contributed by atoms with Crippen molar-refractivity contribution < 1.29 is 0 Å². The Balaban J connectivity index is 2.06. The van der Waals surface area contributed by atoms with Gasteiger partial charge in [-0.3, -0.25) is 0 Å². The predicted molar refractivity (Wildman–Crippen MR) is 82.2 cm³/mol. The first-order valence-corrected chi connectivity index (χ1v) is 8.44. The van der Waals surface area contributed by atoms with Gasteiger partial charge in [-0.1, -0.05) is 13.8 Å². The number of fused-ring (bicyclic) bond motifs is 1. The summed E-state index contributed by atoms with van der Waals surface area (Å²) in [5.74, 6) is 0. The first-order valence-electron chi connectivity index (χ1n) is 5.95. The average molecular weight is 343 g/mol. The SMILES string of the molecule is CC1(C)Cc2nc(-c3sccc3Br)sc2C(N)C1. The van der Waals surface area contributed by atoms with E-state index in [9.17, 15) is 0 Å². The fraction of sp³-hybridized carbons (Fsp3) is 0.462. The van der Waals surface area contributed by atoms with E-state index in [-0.39, 0.29) is 11.5 Å². The molecule has 2 heterocycles. The summed E-state index contributed by atoms with van der Waals surface area (Å²) in [6, 6.07) is 2.22. The lowest BCUT2D eigenvalue weighted by Crippen LogP contribution is -2.28. The van der Waals surface area contributed by atoms with Crippen LogP contribution in [0.2, 0.25) is 0 Å². The Bertz CT molecular complexity index is 586. The fourth-order valence-electron chi connectivity index (χ4n) is 2.54. The van der Waals surface area contributed by atoms with Gasteiger partial charge in [0.15, 0.2) is 0 Å². The van der Waals surface area contributed by atoms with Crippen molar-refractivity contribution >= 4 is 38.6 Å². The van der Waals surface area contributed by atoms with Gasteiger partial charge in [-0.15, -0.1) is 22.7 Å². The van der Waals surface area contributed by atoms with E-state index < -0.39 is 0 Å². The van der Waals surface area contributed by atoms with Crippen LogP contribution in [0.5, 0.6) is 0 Å². The van der Waals surface area contributed by atoms with Crippen molar-refractivity contribution in [2.75, 3.05) is 0 Å². The third kappa shape index (κ3) is 2.18. The van der Waals surface area contributed by atoms with Gasteiger partial charge in [0.2, 0.25) is 0 Å². The Hall–Kier alpha value is -0.230. The van der Waals surface area contributed by atoms with Crippen LogP contribution in [0.1, 0.15) is 36.9 Å². The maximum Gasteiger partial charge on any atom is 0.135 e. The molecular weight excluding hydrogens is 328 g/mol. The van der Waals surface area contributed by atoms with Crippen LogP contribution in [0, 0.1) is 5.41 Å². The Morgan fingerprint density at radius 1 is 1.50 bits per heavy atom. The van der Waals surface area contributed by atoms with Gasteiger partial charge in [0, 0.05) is 15.4 Å². The van der Waals surface area contributed by atoms with Crippen LogP contribution >= 0.6 is 38.6 Å².